The molecule has 2 aromatic carbocycles. The van der Waals surface area contributed by atoms with Crippen LogP contribution in [0.3, 0.4) is 0 Å². The number of aliphatic imine (C=N–C) groups is 1. The fourth-order valence-corrected chi connectivity index (χ4v) is 4.62. The first-order valence-electron chi connectivity index (χ1n) is 9.95. The molecule has 0 atom stereocenters. The molecule has 4 heteroatoms. The molecule has 28 heavy (non-hydrogen) atoms. The lowest BCUT2D eigenvalue weighted by Crippen LogP contribution is -2.16. The number of aromatic hydroxyl groups is 1. The highest BCUT2D eigenvalue weighted by Crippen LogP contribution is 2.36. The van der Waals surface area contributed by atoms with Crippen LogP contribution in [0.5, 0.6) is 11.5 Å². The molecular formula is C24H28N2O2. The fourth-order valence-electron chi connectivity index (χ4n) is 4.62. The molecular weight excluding hydrogens is 348 g/mol. The fraction of sp³-hybridized carbons (Fsp3) is 0.375. The van der Waals surface area contributed by atoms with Gasteiger partial charge in [0.2, 0.25) is 0 Å². The molecule has 3 aromatic rings. The number of ether oxygens (including phenoxy) is 1. The van der Waals surface area contributed by atoms with E-state index in [1.807, 2.05) is 19.1 Å². The van der Waals surface area contributed by atoms with Crippen molar-refractivity contribution in [1.82, 2.24) is 4.98 Å². The maximum atomic E-state index is 10.9. The Balaban J connectivity index is 1.82. The number of hydrogen-bond acceptors (Lipinski definition) is 3. The molecule has 0 unspecified atom stereocenters. The maximum Gasteiger partial charge on any atom is 0.122 e. The van der Waals surface area contributed by atoms with E-state index in [2.05, 4.69) is 37.9 Å². The molecule has 0 aliphatic carbocycles. The molecule has 0 fully saturated rings. The minimum atomic E-state index is 0.345. The van der Waals surface area contributed by atoms with Crippen molar-refractivity contribution >= 4 is 16.6 Å². The molecule has 1 aromatic heterocycles. The lowest BCUT2D eigenvalue weighted by molar-refractivity contribution is 0.415. The molecule has 2 heterocycles. The standard InChI is InChI=1S/C24H28N2O2/c1-13(2)22-14(3)10-15(4)24(27)19(22)12-21-23-18(8-9-25-21)17-7-6-16(28-5)11-20(17)26-23/h6-7,10-11,13,26-27H,8-9,12H2,1-5H3. The van der Waals surface area contributed by atoms with Crippen molar-refractivity contribution in [2.45, 2.75) is 46.5 Å². The van der Waals surface area contributed by atoms with Crippen LogP contribution in [-0.4, -0.2) is 29.5 Å². The Morgan fingerprint density at radius 1 is 1.18 bits per heavy atom. The van der Waals surface area contributed by atoms with Gasteiger partial charge in [0.15, 0.2) is 0 Å². The molecule has 4 nitrogen and oxygen atoms in total. The molecule has 2 N–H and O–H groups in total. The summed E-state index contributed by atoms with van der Waals surface area (Å²) >= 11 is 0. The highest BCUT2D eigenvalue weighted by molar-refractivity contribution is 6.07. The second kappa shape index (κ2) is 7.01. The van der Waals surface area contributed by atoms with Crippen molar-refractivity contribution in [2.75, 3.05) is 13.7 Å². The number of aromatic amines is 1. The number of aromatic nitrogens is 1. The molecule has 4 rings (SSSR count). The van der Waals surface area contributed by atoms with Crippen LogP contribution >= 0.6 is 0 Å². The first kappa shape index (κ1) is 18.6. The first-order chi connectivity index (χ1) is 13.4. The van der Waals surface area contributed by atoms with Crippen LogP contribution in [0.15, 0.2) is 29.3 Å². The van der Waals surface area contributed by atoms with E-state index in [-0.39, 0.29) is 0 Å². The molecule has 0 saturated heterocycles. The average Bonchev–Trinajstić information content (AvgIpc) is 3.04. The second-order valence-electron chi connectivity index (χ2n) is 8.05. The minimum absolute atomic E-state index is 0.345. The van der Waals surface area contributed by atoms with E-state index in [4.69, 9.17) is 9.73 Å². The van der Waals surface area contributed by atoms with Gasteiger partial charge in [0.25, 0.3) is 0 Å². The van der Waals surface area contributed by atoms with E-state index in [9.17, 15) is 5.11 Å². The quantitative estimate of drug-likeness (QED) is 0.657. The number of nitrogens with zero attached hydrogens (tertiary/aromatic N) is 1. The summed E-state index contributed by atoms with van der Waals surface area (Å²) in [7, 11) is 1.69. The van der Waals surface area contributed by atoms with Crippen molar-refractivity contribution in [3.63, 3.8) is 0 Å². The summed E-state index contributed by atoms with van der Waals surface area (Å²) in [6, 6.07) is 8.26. The van der Waals surface area contributed by atoms with Gasteiger partial charge in [0, 0.05) is 35.5 Å². The van der Waals surface area contributed by atoms with Gasteiger partial charge in [0.05, 0.1) is 18.5 Å². The van der Waals surface area contributed by atoms with Crippen LogP contribution in [0.25, 0.3) is 10.9 Å². The molecule has 1 aliphatic rings. The maximum absolute atomic E-state index is 10.9. The van der Waals surface area contributed by atoms with E-state index in [0.29, 0.717) is 18.1 Å². The number of phenolic OH excluding ortho intramolecular Hbond substituents is 1. The Labute approximate surface area is 166 Å². The summed E-state index contributed by atoms with van der Waals surface area (Å²) in [6.45, 7) is 9.26. The van der Waals surface area contributed by atoms with Crippen molar-refractivity contribution < 1.29 is 9.84 Å². The van der Waals surface area contributed by atoms with Crippen LogP contribution in [-0.2, 0) is 12.8 Å². The number of fused-ring (bicyclic) bond motifs is 3. The molecule has 1 aliphatic heterocycles. The van der Waals surface area contributed by atoms with Gasteiger partial charge in [-0.1, -0.05) is 19.9 Å². The first-order valence-corrected chi connectivity index (χ1v) is 9.95. The third kappa shape index (κ3) is 2.97. The molecule has 0 bridgehead atoms. The Kier molecular flexibility index (Phi) is 4.66. The zero-order chi connectivity index (χ0) is 20.0. The molecule has 0 spiro atoms. The second-order valence-corrected chi connectivity index (χ2v) is 8.05. The van der Waals surface area contributed by atoms with E-state index in [0.717, 1.165) is 46.8 Å². The van der Waals surface area contributed by atoms with Gasteiger partial charge < -0.3 is 14.8 Å². The Bertz CT molecular complexity index is 1090. The van der Waals surface area contributed by atoms with E-state index in [1.165, 1.54) is 22.1 Å². The average molecular weight is 377 g/mol. The van der Waals surface area contributed by atoms with Gasteiger partial charge in [-0.2, -0.15) is 0 Å². The van der Waals surface area contributed by atoms with Crippen molar-refractivity contribution in [3.8, 4) is 11.5 Å². The van der Waals surface area contributed by atoms with Crippen LogP contribution in [0.4, 0.5) is 0 Å². The Morgan fingerprint density at radius 2 is 1.96 bits per heavy atom. The third-order valence-corrected chi connectivity index (χ3v) is 5.83. The van der Waals surface area contributed by atoms with Gasteiger partial charge in [0.1, 0.15) is 11.5 Å². The Hall–Kier alpha value is -2.75. The molecule has 0 amide bonds. The zero-order valence-electron chi connectivity index (χ0n) is 17.3. The van der Waals surface area contributed by atoms with Crippen molar-refractivity contribution in [1.29, 1.82) is 0 Å². The van der Waals surface area contributed by atoms with Crippen LogP contribution in [0, 0.1) is 13.8 Å². The number of hydrogen-bond donors (Lipinski definition) is 2. The summed E-state index contributed by atoms with van der Waals surface area (Å²) in [6.07, 6.45) is 1.57. The number of benzene rings is 2. The highest BCUT2D eigenvalue weighted by Gasteiger charge is 2.24. The SMILES string of the molecule is COc1ccc2c3c([nH]c2c1)C(Cc1c(O)c(C)cc(C)c1C(C)C)=NCC3. The Morgan fingerprint density at radius 3 is 2.68 bits per heavy atom. The normalized spacial score (nSPS) is 13.7. The summed E-state index contributed by atoms with van der Waals surface area (Å²) in [5.74, 6) is 1.60. The number of aryl methyl sites for hydroxylation is 2. The van der Waals surface area contributed by atoms with Crippen LogP contribution < -0.4 is 4.74 Å². The summed E-state index contributed by atoms with van der Waals surface area (Å²) in [5.41, 5.74) is 8.92. The van der Waals surface area contributed by atoms with Gasteiger partial charge >= 0.3 is 0 Å². The third-order valence-electron chi connectivity index (χ3n) is 5.83. The number of rotatable bonds is 4. The summed E-state index contributed by atoms with van der Waals surface area (Å²) in [4.78, 5) is 8.41. The van der Waals surface area contributed by atoms with E-state index in [1.54, 1.807) is 7.11 Å². The molecule has 0 saturated carbocycles. The largest absolute Gasteiger partial charge is 0.507 e. The van der Waals surface area contributed by atoms with E-state index < -0.39 is 0 Å². The number of H-pyrrole nitrogens is 1. The van der Waals surface area contributed by atoms with Crippen molar-refractivity contribution in [2.24, 2.45) is 4.99 Å². The van der Waals surface area contributed by atoms with Gasteiger partial charge in [-0.05, 0) is 60.6 Å². The van der Waals surface area contributed by atoms with Gasteiger partial charge in [-0.25, -0.2) is 0 Å². The van der Waals surface area contributed by atoms with Crippen LogP contribution in [0.1, 0.15) is 53.3 Å². The highest BCUT2D eigenvalue weighted by atomic mass is 16.5. The van der Waals surface area contributed by atoms with Crippen LogP contribution in [0.2, 0.25) is 0 Å². The lowest BCUT2D eigenvalue weighted by Gasteiger charge is -2.21. The smallest absolute Gasteiger partial charge is 0.122 e. The zero-order valence-corrected chi connectivity index (χ0v) is 17.3. The number of phenols is 1. The van der Waals surface area contributed by atoms with E-state index >= 15 is 0 Å². The predicted molar refractivity (Wildman–Crippen MR) is 115 cm³/mol. The lowest BCUT2D eigenvalue weighted by atomic mass is 9.86. The van der Waals surface area contributed by atoms with Gasteiger partial charge in [-0.15, -0.1) is 0 Å². The van der Waals surface area contributed by atoms with Gasteiger partial charge in [-0.3, -0.25) is 4.99 Å². The number of nitrogens with one attached hydrogen (secondary N) is 1. The van der Waals surface area contributed by atoms with Crippen molar-refractivity contribution in [3.05, 3.63) is 57.8 Å². The molecule has 146 valence electrons. The summed E-state index contributed by atoms with van der Waals surface area (Å²) < 4.78 is 5.38. The number of methoxy groups -OCH3 is 1. The molecule has 0 radical (unpaired) electrons. The predicted octanol–water partition coefficient (Wildman–Crippen LogP) is 5.21. The monoisotopic (exact) mass is 376 g/mol. The summed E-state index contributed by atoms with van der Waals surface area (Å²) in [5, 5.41) is 12.1. The minimum Gasteiger partial charge on any atom is -0.507 e. The topological polar surface area (TPSA) is 57.6 Å².